The number of pyridine rings is 1. The first-order valence-corrected chi connectivity index (χ1v) is 12.2. The maximum Gasteiger partial charge on any atom is 0.315 e. The molecule has 8 heteroatoms. The largest absolute Gasteiger partial charge is 0.473 e. The molecular weight excluding hydrogens is 414 g/mol. The Morgan fingerprint density at radius 3 is 2.87 bits per heavy atom. The second-order valence-corrected chi connectivity index (χ2v) is 8.62. The molecule has 7 nitrogen and oxygen atoms in total. The molecule has 0 aliphatic carbocycles. The van der Waals surface area contributed by atoms with E-state index >= 15 is 0 Å². The third-order valence-electron chi connectivity index (χ3n) is 4.96. The molecule has 0 radical (unpaired) electrons. The normalized spacial score (nSPS) is 14.5. The summed E-state index contributed by atoms with van der Waals surface area (Å²) in [6, 6.07) is 4.05. The average Bonchev–Trinajstić information content (AvgIpc) is 2.79. The van der Waals surface area contributed by atoms with E-state index in [2.05, 4.69) is 19.9 Å². The number of amides is 1. The van der Waals surface area contributed by atoms with Crippen molar-refractivity contribution in [1.82, 2.24) is 15.2 Å². The molecule has 0 saturated carbocycles. The van der Waals surface area contributed by atoms with Crippen LogP contribution in [0.1, 0.15) is 44.1 Å². The summed E-state index contributed by atoms with van der Waals surface area (Å²) in [5.74, 6) is 1.68. The summed E-state index contributed by atoms with van der Waals surface area (Å²) in [6.45, 7) is 4.20. The van der Waals surface area contributed by atoms with Crippen LogP contribution in [0, 0.1) is 0 Å². The quantitative estimate of drug-likeness (QED) is 0.265. The van der Waals surface area contributed by atoms with Crippen LogP contribution in [0.2, 0.25) is 0 Å². The zero-order chi connectivity index (χ0) is 22.2. The summed E-state index contributed by atoms with van der Waals surface area (Å²) in [5, 5.41) is 2.87. The van der Waals surface area contributed by atoms with Gasteiger partial charge in [-0.05, 0) is 62.2 Å². The van der Waals surface area contributed by atoms with Crippen molar-refractivity contribution < 1.29 is 19.1 Å². The van der Waals surface area contributed by atoms with E-state index in [4.69, 9.17) is 4.74 Å². The first-order chi connectivity index (χ1) is 15.2. The number of hydrogen-bond acceptors (Lipinski definition) is 7. The third-order valence-corrected chi connectivity index (χ3v) is 5.97. The highest BCUT2D eigenvalue weighted by molar-refractivity contribution is 7.99. The van der Waals surface area contributed by atoms with Gasteiger partial charge in [0.05, 0.1) is 12.9 Å². The lowest BCUT2D eigenvalue weighted by atomic mass is 10.1. The lowest BCUT2D eigenvalue weighted by molar-refractivity contribution is -0.137. The number of likely N-dealkylation sites (tertiary alicyclic amines) is 1. The molecule has 31 heavy (non-hydrogen) atoms. The summed E-state index contributed by atoms with van der Waals surface area (Å²) < 4.78 is 10.3. The van der Waals surface area contributed by atoms with Gasteiger partial charge in [-0.15, -0.1) is 0 Å². The minimum absolute atomic E-state index is 0.0376. The number of piperidine rings is 1. The Labute approximate surface area is 190 Å². The molecule has 1 saturated heterocycles. The monoisotopic (exact) mass is 449 g/mol. The Bertz CT molecular complexity index is 693. The predicted octanol–water partition coefficient (Wildman–Crippen LogP) is 3.20. The third kappa shape index (κ3) is 11.8. The van der Waals surface area contributed by atoms with Gasteiger partial charge in [-0.1, -0.05) is 12.5 Å². The molecule has 1 fully saturated rings. The van der Waals surface area contributed by atoms with Gasteiger partial charge in [-0.3, -0.25) is 14.5 Å². The van der Waals surface area contributed by atoms with Crippen molar-refractivity contribution in [3.05, 3.63) is 36.0 Å². The van der Waals surface area contributed by atoms with E-state index in [9.17, 15) is 9.59 Å². The Morgan fingerprint density at radius 2 is 2.06 bits per heavy atom. The zero-order valence-corrected chi connectivity index (χ0v) is 19.3. The maximum atomic E-state index is 11.8. The van der Waals surface area contributed by atoms with Gasteiger partial charge in [-0.2, -0.15) is 11.8 Å². The number of carbonyl (C=O) groups excluding carboxylic acids is 2. The van der Waals surface area contributed by atoms with Crippen molar-refractivity contribution in [2.45, 2.75) is 45.1 Å². The number of rotatable bonds is 14. The van der Waals surface area contributed by atoms with E-state index in [1.165, 1.54) is 56.8 Å². The molecule has 1 amide bonds. The summed E-state index contributed by atoms with van der Waals surface area (Å²) in [6.07, 6.45) is 11.7. The molecule has 1 aliphatic rings. The van der Waals surface area contributed by atoms with Crippen molar-refractivity contribution in [2.75, 3.05) is 44.9 Å². The number of thioether (sulfide) groups is 1. The number of nitrogens with one attached hydrogen (secondary N) is 1. The van der Waals surface area contributed by atoms with E-state index in [1.807, 2.05) is 24.3 Å². The van der Waals surface area contributed by atoms with E-state index in [0.29, 0.717) is 31.2 Å². The Kier molecular flexibility index (Phi) is 12.8. The average molecular weight is 450 g/mol. The highest BCUT2D eigenvalue weighted by Gasteiger charge is 2.10. The lowest BCUT2D eigenvalue weighted by Gasteiger charge is -2.26. The topological polar surface area (TPSA) is 80.8 Å². The van der Waals surface area contributed by atoms with Crippen molar-refractivity contribution in [3.63, 3.8) is 0 Å². The number of ether oxygens (including phenoxy) is 2. The molecule has 0 spiro atoms. The highest BCUT2D eigenvalue weighted by Crippen LogP contribution is 2.15. The lowest BCUT2D eigenvalue weighted by Crippen LogP contribution is -2.29. The zero-order valence-electron chi connectivity index (χ0n) is 18.5. The molecule has 2 rings (SSSR count). The molecule has 1 aromatic rings. The van der Waals surface area contributed by atoms with Crippen LogP contribution >= 0.6 is 11.8 Å². The van der Waals surface area contributed by atoms with E-state index in [0.717, 1.165) is 25.1 Å². The fourth-order valence-electron chi connectivity index (χ4n) is 3.25. The van der Waals surface area contributed by atoms with Crippen LogP contribution in [0.4, 0.5) is 0 Å². The Balaban J connectivity index is 1.51. The van der Waals surface area contributed by atoms with Gasteiger partial charge in [0.2, 0.25) is 11.8 Å². The van der Waals surface area contributed by atoms with Crippen LogP contribution in [0.15, 0.2) is 30.5 Å². The second kappa shape index (κ2) is 15.7. The number of unbranched alkanes of at least 4 members (excludes halogenated alkanes) is 1. The van der Waals surface area contributed by atoms with Crippen LogP contribution in [-0.4, -0.2) is 66.6 Å². The fourth-order valence-corrected chi connectivity index (χ4v) is 4.09. The molecule has 1 aliphatic heterocycles. The molecule has 0 atom stereocenters. The smallest absolute Gasteiger partial charge is 0.315 e. The molecule has 0 aromatic carbocycles. The molecule has 1 aromatic heterocycles. The summed E-state index contributed by atoms with van der Waals surface area (Å²) in [4.78, 5) is 29.6. The number of aromatic nitrogens is 1. The van der Waals surface area contributed by atoms with Gasteiger partial charge in [0.1, 0.15) is 6.61 Å². The minimum atomic E-state index is -0.209. The van der Waals surface area contributed by atoms with Crippen molar-refractivity contribution >= 4 is 23.6 Å². The van der Waals surface area contributed by atoms with Gasteiger partial charge in [0.15, 0.2) is 0 Å². The molecule has 172 valence electrons. The first-order valence-electron chi connectivity index (χ1n) is 11.0. The van der Waals surface area contributed by atoms with Crippen LogP contribution in [-0.2, 0) is 20.9 Å². The second-order valence-electron chi connectivity index (χ2n) is 7.51. The van der Waals surface area contributed by atoms with Crippen molar-refractivity contribution in [3.8, 4) is 5.88 Å². The number of nitrogens with zero attached hydrogens (tertiary/aromatic N) is 2. The van der Waals surface area contributed by atoms with E-state index in [-0.39, 0.29) is 11.9 Å². The van der Waals surface area contributed by atoms with E-state index in [1.54, 1.807) is 6.20 Å². The standard InChI is InChI=1S/C23H35N3O4S/c1-29-23(28)19-31-16-8-3-9-21(27)24-11-4-7-15-30-22-17-20(10-12-25-22)18-26-13-5-2-6-14-26/h4,7,10,12,17H,2-3,5-6,8-9,11,13-16,18-19H2,1H3,(H,24,27)/b7-4-. The molecule has 0 bridgehead atoms. The number of esters is 1. The van der Waals surface area contributed by atoms with Gasteiger partial charge < -0.3 is 14.8 Å². The van der Waals surface area contributed by atoms with E-state index < -0.39 is 0 Å². The molecular formula is C23H35N3O4S. The van der Waals surface area contributed by atoms with Gasteiger partial charge >= 0.3 is 5.97 Å². The summed E-state index contributed by atoms with van der Waals surface area (Å²) in [5.41, 5.74) is 1.23. The SMILES string of the molecule is COC(=O)CSCCCCC(=O)NC/C=C\COc1cc(CN2CCCCC2)ccn1. The van der Waals surface area contributed by atoms with Crippen molar-refractivity contribution in [2.24, 2.45) is 0 Å². The molecule has 1 N–H and O–H groups in total. The number of hydrogen-bond donors (Lipinski definition) is 1. The Morgan fingerprint density at radius 1 is 1.23 bits per heavy atom. The van der Waals surface area contributed by atoms with Gasteiger partial charge in [0.25, 0.3) is 0 Å². The van der Waals surface area contributed by atoms with Crippen LogP contribution in [0.5, 0.6) is 5.88 Å². The van der Waals surface area contributed by atoms with Crippen molar-refractivity contribution in [1.29, 1.82) is 0 Å². The summed E-state index contributed by atoms with van der Waals surface area (Å²) in [7, 11) is 1.39. The first kappa shape index (κ1) is 25.2. The van der Waals surface area contributed by atoms with Crippen LogP contribution in [0.3, 0.4) is 0 Å². The fraction of sp³-hybridized carbons (Fsp3) is 0.609. The predicted molar refractivity (Wildman–Crippen MR) is 124 cm³/mol. The highest BCUT2D eigenvalue weighted by atomic mass is 32.2. The number of methoxy groups -OCH3 is 1. The van der Waals surface area contributed by atoms with Gasteiger partial charge in [0, 0.05) is 31.8 Å². The molecule has 0 unspecified atom stereocenters. The minimum Gasteiger partial charge on any atom is -0.473 e. The van der Waals surface area contributed by atoms with Gasteiger partial charge in [-0.25, -0.2) is 4.98 Å². The maximum absolute atomic E-state index is 11.8. The molecule has 2 heterocycles. The van der Waals surface area contributed by atoms with Crippen LogP contribution < -0.4 is 10.1 Å². The Hall–Kier alpha value is -2.06. The number of carbonyl (C=O) groups is 2. The summed E-state index contributed by atoms with van der Waals surface area (Å²) >= 11 is 1.53. The van der Waals surface area contributed by atoms with Crippen LogP contribution in [0.25, 0.3) is 0 Å².